The van der Waals surface area contributed by atoms with Crippen LogP contribution in [0.1, 0.15) is 54.8 Å². The number of halogens is 6. The number of hydrogen-bond acceptors (Lipinski definition) is 7. The van der Waals surface area contributed by atoms with Crippen molar-refractivity contribution in [2.24, 2.45) is 5.41 Å². The van der Waals surface area contributed by atoms with Gasteiger partial charge in [-0.15, -0.1) is 11.3 Å². The summed E-state index contributed by atoms with van der Waals surface area (Å²) < 4.78 is 65.6. The van der Waals surface area contributed by atoms with Crippen molar-refractivity contribution in [2.75, 3.05) is 19.6 Å². The number of amides is 1. The molecular formula is C29H33F6N5O5S. The summed E-state index contributed by atoms with van der Waals surface area (Å²) in [4.78, 5) is 42.0. The van der Waals surface area contributed by atoms with Crippen LogP contribution in [0.25, 0.3) is 0 Å². The van der Waals surface area contributed by atoms with E-state index < -0.39 is 29.7 Å². The van der Waals surface area contributed by atoms with Crippen molar-refractivity contribution in [1.82, 2.24) is 24.6 Å². The van der Waals surface area contributed by atoms with E-state index in [-0.39, 0.29) is 12.0 Å². The fraction of sp³-hybridized carbons (Fsp3) is 0.483. The third-order valence-electron chi connectivity index (χ3n) is 7.49. The molecule has 0 radical (unpaired) electrons. The van der Waals surface area contributed by atoms with Gasteiger partial charge < -0.3 is 15.1 Å². The molecule has 5 heterocycles. The Morgan fingerprint density at radius 1 is 1.00 bits per heavy atom. The SMILES string of the molecule is CC(C)n1nccc1[C@@H]1CN(Cc2cccs2)C[C@]12CCCN(Cc1ccncc1)C2=O.O=C(O)C(F)(F)F.O=C(O)C(F)(F)F. The van der Waals surface area contributed by atoms with Gasteiger partial charge in [0.15, 0.2) is 0 Å². The van der Waals surface area contributed by atoms with E-state index in [9.17, 15) is 31.1 Å². The number of carboxylic acids is 2. The van der Waals surface area contributed by atoms with Crippen molar-refractivity contribution in [3.05, 3.63) is 70.4 Å². The van der Waals surface area contributed by atoms with Crippen molar-refractivity contribution in [3.8, 4) is 0 Å². The predicted octanol–water partition coefficient (Wildman–Crippen LogP) is 5.60. The van der Waals surface area contributed by atoms with Crippen molar-refractivity contribution in [1.29, 1.82) is 0 Å². The molecule has 46 heavy (non-hydrogen) atoms. The van der Waals surface area contributed by atoms with Crippen molar-refractivity contribution < 1.29 is 50.9 Å². The molecule has 2 saturated heterocycles. The summed E-state index contributed by atoms with van der Waals surface area (Å²) in [6, 6.07) is 10.7. The molecule has 0 aliphatic carbocycles. The van der Waals surface area contributed by atoms with Gasteiger partial charge in [-0.3, -0.25) is 19.4 Å². The number of hydrogen-bond donors (Lipinski definition) is 2. The van der Waals surface area contributed by atoms with Gasteiger partial charge in [0.25, 0.3) is 0 Å². The molecule has 2 aliphatic heterocycles. The fourth-order valence-electron chi connectivity index (χ4n) is 5.60. The second kappa shape index (κ2) is 15.1. The zero-order valence-electron chi connectivity index (χ0n) is 24.8. The fourth-order valence-corrected chi connectivity index (χ4v) is 6.34. The van der Waals surface area contributed by atoms with Crippen LogP contribution in [0.2, 0.25) is 0 Å². The maximum Gasteiger partial charge on any atom is 0.490 e. The zero-order valence-corrected chi connectivity index (χ0v) is 25.6. The maximum absolute atomic E-state index is 14.1. The Morgan fingerprint density at radius 3 is 2.13 bits per heavy atom. The van der Waals surface area contributed by atoms with Gasteiger partial charge in [-0.2, -0.15) is 31.4 Å². The molecule has 17 heteroatoms. The number of pyridine rings is 1. The molecule has 0 aromatic carbocycles. The van der Waals surface area contributed by atoms with Crippen molar-refractivity contribution in [3.63, 3.8) is 0 Å². The summed E-state index contributed by atoms with van der Waals surface area (Å²) in [5, 5.41) is 21.0. The summed E-state index contributed by atoms with van der Waals surface area (Å²) >= 11 is 1.79. The van der Waals surface area contributed by atoms with Crippen LogP contribution >= 0.6 is 11.3 Å². The monoisotopic (exact) mass is 677 g/mol. The molecule has 0 unspecified atom stereocenters. The first-order chi connectivity index (χ1) is 21.5. The lowest BCUT2D eigenvalue weighted by Gasteiger charge is -2.42. The standard InChI is InChI=1S/C25H31N5OS.2C2HF3O2/c1-19(2)30-23(8-12-27-30)22-17-28(16-21-5-3-14-32-21)18-25(22)9-4-13-29(24(25)31)15-20-6-10-26-11-7-20;2*3-2(4,5)1(6)7/h3,5-8,10-12,14,19,22H,4,9,13,15-18H2,1-2H3;2*(H,6,7)/t22-,25+;;/m0../s1. The van der Waals surface area contributed by atoms with E-state index in [0.717, 1.165) is 44.6 Å². The number of alkyl halides is 6. The number of carboxylic acid groups (broad SMARTS) is 2. The molecule has 2 atom stereocenters. The highest BCUT2D eigenvalue weighted by atomic mass is 32.1. The number of carbonyl (C=O) groups excluding carboxylic acids is 1. The van der Waals surface area contributed by atoms with Crippen molar-refractivity contribution >= 4 is 29.2 Å². The smallest absolute Gasteiger partial charge is 0.475 e. The van der Waals surface area contributed by atoms with E-state index >= 15 is 0 Å². The Morgan fingerprint density at radius 2 is 1.61 bits per heavy atom. The Bertz CT molecular complexity index is 1420. The van der Waals surface area contributed by atoms with Gasteiger partial charge in [-0.25, -0.2) is 9.59 Å². The number of carbonyl (C=O) groups is 3. The second-order valence-electron chi connectivity index (χ2n) is 11.0. The molecule has 1 amide bonds. The lowest BCUT2D eigenvalue weighted by molar-refractivity contribution is -0.193. The van der Waals surface area contributed by atoms with E-state index in [1.165, 1.54) is 10.6 Å². The molecule has 10 nitrogen and oxygen atoms in total. The number of piperidine rings is 1. The van der Waals surface area contributed by atoms with E-state index in [1.54, 1.807) is 11.3 Å². The van der Waals surface area contributed by atoms with Gasteiger partial charge in [-0.05, 0) is 61.9 Å². The Labute approximate surface area is 264 Å². The number of aliphatic carboxylic acids is 2. The number of nitrogens with zero attached hydrogens (tertiary/aromatic N) is 5. The van der Waals surface area contributed by atoms with E-state index in [2.05, 4.69) is 62.0 Å². The third kappa shape index (κ3) is 9.28. The van der Waals surface area contributed by atoms with Crippen LogP contribution in [0.4, 0.5) is 26.3 Å². The third-order valence-corrected chi connectivity index (χ3v) is 8.35. The summed E-state index contributed by atoms with van der Waals surface area (Å²) in [6.45, 7) is 8.42. The van der Waals surface area contributed by atoms with Gasteiger partial charge in [0.2, 0.25) is 5.91 Å². The topological polar surface area (TPSA) is 129 Å². The minimum absolute atomic E-state index is 0.153. The number of likely N-dealkylation sites (tertiary alicyclic amines) is 2. The first-order valence-corrected chi connectivity index (χ1v) is 14.9. The lowest BCUT2D eigenvalue weighted by Crippen LogP contribution is -2.52. The van der Waals surface area contributed by atoms with Gasteiger partial charge in [0.1, 0.15) is 0 Å². The first kappa shape index (κ1) is 36.5. The van der Waals surface area contributed by atoms with Crippen LogP contribution in [0.3, 0.4) is 0 Å². The molecular weight excluding hydrogens is 644 g/mol. The Hall–Kier alpha value is -3.99. The maximum atomic E-state index is 14.1. The molecule has 2 N–H and O–H groups in total. The highest BCUT2D eigenvalue weighted by Gasteiger charge is 2.56. The molecule has 5 rings (SSSR count). The van der Waals surface area contributed by atoms with Gasteiger partial charge in [0, 0.05) is 73.8 Å². The average Bonchev–Trinajstić information content (AvgIpc) is 3.73. The minimum atomic E-state index is -5.08. The first-order valence-electron chi connectivity index (χ1n) is 14.0. The molecule has 252 valence electrons. The molecule has 2 fully saturated rings. The van der Waals surface area contributed by atoms with E-state index in [0.29, 0.717) is 12.5 Å². The molecule has 0 saturated carbocycles. The number of rotatable bonds is 6. The molecule has 2 aliphatic rings. The number of aromatic nitrogens is 3. The van der Waals surface area contributed by atoms with Gasteiger partial charge >= 0.3 is 24.3 Å². The largest absolute Gasteiger partial charge is 0.490 e. The quantitative estimate of drug-likeness (QED) is 0.323. The number of thiophene rings is 1. The Balaban J connectivity index is 0.000000345. The molecule has 3 aromatic heterocycles. The predicted molar refractivity (Wildman–Crippen MR) is 154 cm³/mol. The van der Waals surface area contributed by atoms with Crippen LogP contribution in [0.5, 0.6) is 0 Å². The van der Waals surface area contributed by atoms with Crippen molar-refractivity contribution in [2.45, 2.75) is 64.1 Å². The lowest BCUT2D eigenvalue weighted by atomic mass is 9.70. The van der Waals surface area contributed by atoms with Crippen LogP contribution in [-0.2, 0) is 27.5 Å². The van der Waals surface area contributed by atoms with Crippen LogP contribution in [0, 0.1) is 5.41 Å². The van der Waals surface area contributed by atoms with E-state index in [1.807, 2.05) is 30.7 Å². The summed E-state index contributed by atoms with van der Waals surface area (Å²) in [5.41, 5.74) is 1.95. The minimum Gasteiger partial charge on any atom is -0.475 e. The molecule has 1 spiro atoms. The van der Waals surface area contributed by atoms with Crippen LogP contribution in [0.15, 0.2) is 54.3 Å². The summed E-state index contributed by atoms with van der Waals surface area (Å²) in [5.74, 6) is -5.06. The second-order valence-corrected chi connectivity index (χ2v) is 12.1. The molecule has 3 aromatic rings. The van der Waals surface area contributed by atoms with E-state index in [4.69, 9.17) is 19.8 Å². The highest BCUT2D eigenvalue weighted by molar-refractivity contribution is 7.09. The van der Waals surface area contributed by atoms with Crippen LogP contribution in [-0.4, -0.2) is 84.6 Å². The molecule has 0 bridgehead atoms. The van der Waals surface area contributed by atoms with Gasteiger partial charge in [0.05, 0.1) is 5.41 Å². The van der Waals surface area contributed by atoms with Crippen LogP contribution < -0.4 is 0 Å². The average molecular weight is 678 g/mol. The highest BCUT2D eigenvalue weighted by Crippen LogP contribution is 2.50. The normalized spacial score (nSPS) is 20.2. The Kier molecular flexibility index (Phi) is 11.9. The summed E-state index contributed by atoms with van der Waals surface area (Å²) in [7, 11) is 0. The van der Waals surface area contributed by atoms with Gasteiger partial charge in [-0.1, -0.05) is 6.07 Å². The summed E-state index contributed by atoms with van der Waals surface area (Å²) in [6.07, 6.45) is -2.68. The zero-order chi connectivity index (χ0) is 34.3.